The summed E-state index contributed by atoms with van der Waals surface area (Å²) in [6.45, 7) is 0.0201. The minimum absolute atomic E-state index is 0.187. The number of carbonyl (C=O) groups excluding carboxylic acids is 2. The van der Waals surface area contributed by atoms with E-state index >= 15 is 4.39 Å². The molecule has 1 aromatic carbocycles. The Morgan fingerprint density at radius 1 is 1.16 bits per heavy atom. The molecular formula is C21H14F8N8O5S. The zero-order valence-corrected chi connectivity index (χ0v) is 21.6. The van der Waals surface area contributed by atoms with E-state index in [0.29, 0.717) is 23.9 Å². The van der Waals surface area contributed by atoms with Crippen molar-refractivity contribution < 1.29 is 54.4 Å². The molecule has 1 aliphatic rings. The molecule has 13 nitrogen and oxygen atoms in total. The summed E-state index contributed by atoms with van der Waals surface area (Å²) < 4.78 is 114. The Morgan fingerprint density at radius 3 is 2.37 bits per heavy atom. The molecule has 0 bridgehead atoms. The average Bonchev–Trinajstić information content (AvgIpc) is 3.31. The molecule has 3 aromatic rings. The lowest BCUT2D eigenvalue weighted by atomic mass is 10.0. The number of hydrogen-bond acceptors (Lipinski definition) is 10. The number of rotatable bonds is 10. The topological polar surface area (TPSA) is 181 Å². The van der Waals surface area contributed by atoms with Crippen LogP contribution in [-0.4, -0.2) is 73.3 Å². The normalized spacial score (nSPS) is 14.3. The van der Waals surface area contributed by atoms with Crippen molar-refractivity contribution in [2.24, 2.45) is 5.73 Å². The van der Waals surface area contributed by atoms with Crippen LogP contribution in [-0.2, 0) is 22.0 Å². The smallest absolute Gasteiger partial charge is 0.377 e. The van der Waals surface area contributed by atoms with Crippen molar-refractivity contribution in [1.29, 1.82) is 0 Å². The molecule has 230 valence electrons. The van der Waals surface area contributed by atoms with Crippen LogP contribution < -0.4 is 11.1 Å². The van der Waals surface area contributed by atoms with Gasteiger partial charge in [-0.15, -0.1) is 5.10 Å². The third-order valence-corrected chi connectivity index (χ3v) is 6.87. The third-order valence-electron chi connectivity index (χ3n) is 5.75. The number of nitrogens with zero attached hydrogens (tertiary/aromatic N) is 6. The van der Waals surface area contributed by atoms with Gasteiger partial charge in [-0.2, -0.15) is 30.7 Å². The standard InChI is InChI=1S/C21H14F8N8O5S/c22-13-1-8(19(23,24)20(25,26)21(27,28)29)4-31-15(13)11-2-10(37(40)41)3-12(17(30)39)16(11)43-18-33-34-35-36(18)5-14(38)32-9-6-42-7-9/h1-4,9H,5-7H2,(H2,30,39)(H,32,38). The predicted octanol–water partition coefficient (Wildman–Crippen LogP) is 2.84. The van der Waals surface area contributed by atoms with Gasteiger partial charge >= 0.3 is 18.0 Å². The molecule has 0 atom stereocenters. The monoisotopic (exact) mass is 642 g/mol. The van der Waals surface area contributed by atoms with E-state index in [2.05, 4.69) is 25.8 Å². The molecule has 4 rings (SSSR count). The number of pyridine rings is 1. The van der Waals surface area contributed by atoms with Crippen molar-refractivity contribution in [3.8, 4) is 11.3 Å². The minimum atomic E-state index is -6.72. The number of halogens is 8. The van der Waals surface area contributed by atoms with Crippen LogP contribution in [0.15, 0.2) is 34.4 Å². The van der Waals surface area contributed by atoms with E-state index < -0.39 is 80.1 Å². The average molecular weight is 642 g/mol. The van der Waals surface area contributed by atoms with Gasteiger partial charge in [0.05, 0.1) is 29.7 Å². The number of ether oxygens (including phenoxy) is 1. The molecule has 22 heteroatoms. The Kier molecular flexibility index (Phi) is 8.28. The van der Waals surface area contributed by atoms with Crippen LogP contribution in [0.4, 0.5) is 40.8 Å². The van der Waals surface area contributed by atoms with Crippen LogP contribution in [0.3, 0.4) is 0 Å². The lowest BCUT2D eigenvalue weighted by Gasteiger charge is -2.28. The Balaban J connectivity index is 1.81. The van der Waals surface area contributed by atoms with Crippen molar-refractivity contribution in [2.75, 3.05) is 13.2 Å². The number of benzene rings is 1. The number of primary amides is 1. The lowest BCUT2D eigenvalue weighted by Crippen LogP contribution is -2.50. The van der Waals surface area contributed by atoms with Crippen molar-refractivity contribution in [2.45, 2.75) is 40.7 Å². The SMILES string of the molecule is NC(=O)c1cc([N+](=O)[O-])cc(-c2ncc(C(F)(F)C(F)(F)C(F)(F)F)cc2F)c1Sc1nnnn1CC(=O)NC1COC1. The third kappa shape index (κ3) is 6.04. The minimum Gasteiger partial charge on any atom is -0.377 e. The number of nitrogens with one attached hydrogen (secondary N) is 1. The molecule has 43 heavy (non-hydrogen) atoms. The molecule has 2 aromatic heterocycles. The van der Waals surface area contributed by atoms with Gasteiger partial charge in [0, 0.05) is 34.4 Å². The molecule has 1 fully saturated rings. The largest absolute Gasteiger partial charge is 0.460 e. The number of carbonyl (C=O) groups is 2. The van der Waals surface area contributed by atoms with Crippen LogP contribution in [0, 0.1) is 15.9 Å². The molecule has 3 N–H and O–H groups in total. The first-order chi connectivity index (χ1) is 19.9. The maximum atomic E-state index is 15.2. The summed E-state index contributed by atoms with van der Waals surface area (Å²) >= 11 is 0.400. The van der Waals surface area contributed by atoms with Crippen molar-refractivity contribution in [3.05, 3.63) is 51.5 Å². The van der Waals surface area contributed by atoms with Gasteiger partial charge in [0.1, 0.15) is 18.1 Å². The highest BCUT2D eigenvalue weighted by atomic mass is 32.2. The Morgan fingerprint density at radius 2 is 1.84 bits per heavy atom. The summed E-state index contributed by atoms with van der Waals surface area (Å²) in [5.74, 6) is -16.4. The number of nitro benzene ring substituents is 1. The number of aromatic nitrogens is 5. The molecule has 0 aliphatic carbocycles. The first-order valence-electron chi connectivity index (χ1n) is 11.4. The molecule has 0 unspecified atom stereocenters. The Labute approximate surface area is 236 Å². The van der Waals surface area contributed by atoms with Crippen molar-refractivity contribution in [3.63, 3.8) is 0 Å². The fourth-order valence-electron chi connectivity index (χ4n) is 3.54. The van der Waals surface area contributed by atoms with Crippen molar-refractivity contribution >= 4 is 29.3 Å². The number of nitrogens with two attached hydrogens (primary N) is 1. The number of amides is 2. The van der Waals surface area contributed by atoms with Crippen LogP contribution >= 0.6 is 11.8 Å². The number of hydrogen-bond donors (Lipinski definition) is 2. The molecule has 0 saturated carbocycles. The Hall–Kier alpha value is -4.47. The van der Waals surface area contributed by atoms with E-state index in [1.54, 1.807) is 0 Å². The molecule has 0 spiro atoms. The van der Waals surface area contributed by atoms with Gasteiger partial charge in [0.25, 0.3) is 5.69 Å². The van der Waals surface area contributed by atoms with E-state index in [4.69, 9.17) is 10.5 Å². The van der Waals surface area contributed by atoms with E-state index in [-0.39, 0.29) is 36.7 Å². The summed E-state index contributed by atoms with van der Waals surface area (Å²) in [6, 6.07) is 0.635. The predicted molar refractivity (Wildman–Crippen MR) is 124 cm³/mol. The number of non-ortho nitro benzene ring substituents is 1. The van der Waals surface area contributed by atoms with E-state index in [9.17, 15) is 50.4 Å². The summed E-state index contributed by atoms with van der Waals surface area (Å²) in [7, 11) is 0. The maximum Gasteiger partial charge on any atom is 0.460 e. The van der Waals surface area contributed by atoms with E-state index in [1.165, 1.54) is 0 Å². The fourth-order valence-corrected chi connectivity index (χ4v) is 4.54. The highest BCUT2D eigenvalue weighted by molar-refractivity contribution is 7.99. The second-order valence-electron chi connectivity index (χ2n) is 8.72. The summed E-state index contributed by atoms with van der Waals surface area (Å²) in [5.41, 5.74) is -0.159. The first-order valence-corrected chi connectivity index (χ1v) is 12.2. The molecule has 2 amide bonds. The zero-order valence-electron chi connectivity index (χ0n) is 20.7. The second kappa shape index (κ2) is 11.3. The molecule has 1 saturated heterocycles. The molecule has 1 aliphatic heterocycles. The summed E-state index contributed by atoms with van der Waals surface area (Å²) in [4.78, 5) is 37.8. The van der Waals surface area contributed by atoms with E-state index in [0.717, 1.165) is 4.68 Å². The highest BCUT2D eigenvalue weighted by Gasteiger charge is 2.73. The van der Waals surface area contributed by atoms with Crippen molar-refractivity contribution in [1.82, 2.24) is 30.5 Å². The van der Waals surface area contributed by atoms with Gasteiger partial charge in [-0.1, -0.05) is 0 Å². The van der Waals surface area contributed by atoms with Gasteiger partial charge in [0.15, 0.2) is 0 Å². The van der Waals surface area contributed by atoms with Gasteiger partial charge in [-0.3, -0.25) is 24.7 Å². The van der Waals surface area contributed by atoms with Crippen LogP contribution in [0.2, 0.25) is 0 Å². The van der Waals surface area contributed by atoms with Gasteiger partial charge in [-0.25, -0.2) is 9.07 Å². The van der Waals surface area contributed by atoms with Gasteiger partial charge in [0.2, 0.25) is 17.0 Å². The van der Waals surface area contributed by atoms with Crippen LogP contribution in [0.25, 0.3) is 11.3 Å². The fraction of sp³-hybridized carbons (Fsp3) is 0.333. The molecule has 3 heterocycles. The van der Waals surface area contributed by atoms with Gasteiger partial charge in [-0.05, 0) is 28.3 Å². The van der Waals surface area contributed by atoms with Crippen LogP contribution in [0.5, 0.6) is 0 Å². The molecule has 0 radical (unpaired) electrons. The number of nitro groups is 1. The summed E-state index contributed by atoms with van der Waals surface area (Å²) in [6.07, 6.45) is -6.91. The molecular weight excluding hydrogens is 628 g/mol. The van der Waals surface area contributed by atoms with Crippen LogP contribution in [0.1, 0.15) is 15.9 Å². The maximum absolute atomic E-state index is 15.2. The number of alkyl halides is 7. The Bertz CT molecular complexity index is 1600. The quantitative estimate of drug-likeness (QED) is 0.190. The van der Waals surface area contributed by atoms with E-state index in [1.807, 2.05) is 0 Å². The lowest BCUT2D eigenvalue weighted by molar-refractivity contribution is -0.384. The highest BCUT2D eigenvalue weighted by Crippen LogP contribution is 2.52. The zero-order chi connectivity index (χ0) is 31.9. The number of tetrazole rings is 1. The second-order valence-corrected chi connectivity index (χ2v) is 9.69. The first kappa shape index (κ1) is 31.5. The summed E-state index contributed by atoms with van der Waals surface area (Å²) in [5, 5.41) is 24.5. The van der Waals surface area contributed by atoms with Gasteiger partial charge < -0.3 is 15.8 Å².